The van der Waals surface area contributed by atoms with Crippen molar-refractivity contribution in [2.75, 3.05) is 6.54 Å². The minimum absolute atomic E-state index is 0.732. The van der Waals surface area contributed by atoms with Crippen LogP contribution in [0.4, 0.5) is 0 Å². The second-order valence-corrected chi connectivity index (χ2v) is 6.23. The van der Waals surface area contributed by atoms with Crippen LogP contribution in [0.3, 0.4) is 0 Å². The number of nitrogens with one attached hydrogen (secondary N) is 1. The summed E-state index contributed by atoms with van der Waals surface area (Å²) < 4.78 is 0. The minimum Gasteiger partial charge on any atom is -0.314 e. The van der Waals surface area contributed by atoms with E-state index >= 15 is 0 Å². The van der Waals surface area contributed by atoms with Crippen LogP contribution in [-0.2, 0) is 6.42 Å². The van der Waals surface area contributed by atoms with Gasteiger partial charge in [-0.2, -0.15) is 0 Å². The quantitative estimate of drug-likeness (QED) is 0.457. The van der Waals surface area contributed by atoms with Crippen molar-refractivity contribution in [1.29, 1.82) is 0 Å². The van der Waals surface area contributed by atoms with Crippen LogP contribution >= 0.6 is 0 Å². The molecule has 1 rings (SSSR count). The van der Waals surface area contributed by atoms with E-state index in [1.165, 1.54) is 76.3 Å². The number of rotatable bonds is 13. The van der Waals surface area contributed by atoms with Crippen LogP contribution in [-0.4, -0.2) is 12.6 Å². The van der Waals surface area contributed by atoms with Gasteiger partial charge in [-0.25, -0.2) is 0 Å². The number of unbranched alkanes of at least 4 members (excludes halogenated alkanes) is 4. The maximum atomic E-state index is 3.75. The molecule has 21 heavy (non-hydrogen) atoms. The number of aryl methyl sites for hydroxylation is 1. The van der Waals surface area contributed by atoms with Crippen LogP contribution in [0.2, 0.25) is 0 Å². The topological polar surface area (TPSA) is 12.0 Å². The molecule has 1 heteroatoms. The molecule has 0 radical (unpaired) electrons. The molecule has 0 aromatic heterocycles. The lowest BCUT2D eigenvalue weighted by Gasteiger charge is -2.18. The van der Waals surface area contributed by atoms with E-state index in [1.807, 2.05) is 0 Å². The number of hydrogen-bond donors (Lipinski definition) is 1. The van der Waals surface area contributed by atoms with Crippen molar-refractivity contribution in [3.05, 3.63) is 35.9 Å². The molecule has 0 spiro atoms. The summed E-state index contributed by atoms with van der Waals surface area (Å²) in [7, 11) is 0. The molecule has 0 aliphatic heterocycles. The van der Waals surface area contributed by atoms with E-state index in [0.717, 1.165) is 6.04 Å². The lowest BCUT2D eigenvalue weighted by molar-refractivity contribution is 0.422. The summed E-state index contributed by atoms with van der Waals surface area (Å²) in [5, 5.41) is 3.75. The highest BCUT2D eigenvalue weighted by Crippen LogP contribution is 2.13. The zero-order valence-electron chi connectivity index (χ0n) is 14.2. The Labute approximate surface area is 132 Å². The first-order chi connectivity index (χ1) is 10.4. The Morgan fingerprint density at radius 3 is 2.24 bits per heavy atom. The van der Waals surface area contributed by atoms with E-state index in [2.05, 4.69) is 49.5 Å². The molecule has 1 aromatic carbocycles. The lowest BCUT2D eigenvalue weighted by atomic mass is 9.99. The standard InChI is InChI=1S/C20H35N/c1-3-5-6-7-11-16-20(21-18-4-2)17-12-15-19-13-9-8-10-14-19/h8-10,13-14,20-21H,3-7,11-12,15-18H2,1-2H3. The molecule has 0 aliphatic carbocycles. The van der Waals surface area contributed by atoms with Crippen molar-refractivity contribution >= 4 is 0 Å². The largest absolute Gasteiger partial charge is 0.314 e. The molecule has 0 amide bonds. The first-order valence-electron chi connectivity index (χ1n) is 9.14. The Morgan fingerprint density at radius 1 is 0.810 bits per heavy atom. The summed E-state index contributed by atoms with van der Waals surface area (Å²) in [6.45, 7) is 5.72. The fraction of sp³-hybridized carbons (Fsp3) is 0.700. The van der Waals surface area contributed by atoms with Gasteiger partial charge >= 0.3 is 0 Å². The summed E-state index contributed by atoms with van der Waals surface area (Å²) in [6.07, 6.45) is 13.4. The van der Waals surface area contributed by atoms with Crippen molar-refractivity contribution in [3.63, 3.8) is 0 Å². The van der Waals surface area contributed by atoms with Gasteiger partial charge in [0.2, 0.25) is 0 Å². The molecule has 120 valence electrons. The summed E-state index contributed by atoms with van der Waals surface area (Å²) in [4.78, 5) is 0. The van der Waals surface area contributed by atoms with Crippen molar-refractivity contribution < 1.29 is 0 Å². The molecule has 0 fully saturated rings. The lowest BCUT2D eigenvalue weighted by Crippen LogP contribution is -2.29. The van der Waals surface area contributed by atoms with Gasteiger partial charge in [0.25, 0.3) is 0 Å². The van der Waals surface area contributed by atoms with E-state index in [1.54, 1.807) is 0 Å². The van der Waals surface area contributed by atoms with Crippen LogP contribution in [0.25, 0.3) is 0 Å². The molecule has 1 nitrogen and oxygen atoms in total. The number of hydrogen-bond acceptors (Lipinski definition) is 1. The molecule has 0 bridgehead atoms. The summed E-state index contributed by atoms with van der Waals surface area (Å²) in [5.74, 6) is 0. The average Bonchev–Trinajstić information content (AvgIpc) is 2.52. The zero-order valence-corrected chi connectivity index (χ0v) is 14.2. The maximum Gasteiger partial charge on any atom is 0.00671 e. The summed E-state index contributed by atoms with van der Waals surface area (Å²) in [6, 6.07) is 11.6. The molecule has 0 saturated carbocycles. The van der Waals surface area contributed by atoms with Crippen molar-refractivity contribution in [3.8, 4) is 0 Å². The Morgan fingerprint density at radius 2 is 1.52 bits per heavy atom. The molecular formula is C20H35N. The molecule has 1 aromatic rings. The van der Waals surface area contributed by atoms with Crippen LogP contribution in [0.1, 0.15) is 77.2 Å². The van der Waals surface area contributed by atoms with E-state index in [9.17, 15) is 0 Å². The van der Waals surface area contributed by atoms with Gasteiger partial charge in [0.15, 0.2) is 0 Å². The van der Waals surface area contributed by atoms with Gasteiger partial charge in [0.05, 0.1) is 0 Å². The third-order valence-electron chi connectivity index (χ3n) is 4.20. The van der Waals surface area contributed by atoms with Gasteiger partial charge in [-0.05, 0) is 44.2 Å². The predicted octanol–water partition coefficient (Wildman–Crippen LogP) is 5.74. The molecule has 0 heterocycles. The van der Waals surface area contributed by atoms with Crippen molar-refractivity contribution in [1.82, 2.24) is 5.32 Å². The van der Waals surface area contributed by atoms with E-state index in [4.69, 9.17) is 0 Å². The molecule has 1 unspecified atom stereocenters. The molecule has 1 N–H and O–H groups in total. The van der Waals surface area contributed by atoms with Crippen LogP contribution in [0.5, 0.6) is 0 Å². The highest BCUT2D eigenvalue weighted by molar-refractivity contribution is 5.14. The molecule has 0 aliphatic rings. The molecular weight excluding hydrogens is 254 g/mol. The highest BCUT2D eigenvalue weighted by Gasteiger charge is 2.07. The van der Waals surface area contributed by atoms with Gasteiger partial charge < -0.3 is 5.32 Å². The summed E-state index contributed by atoms with van der Waals surface area (Å²) in [5.41, 5.74) is 1.48. The molecule has 0 saturated heterocycles. The third-order valence-corrected chi connectivity index (χ3v) is 4.20. The maximum absolute atomic E-state index is 3.75. The minimum atomic E-state index is 0.732. The zero-order chi connectivity index (χ0) is 15.2. The van der Waals surface area contributed by atoms with Gasteiger partial charge in [0, 0.05) is 6.04 Å². The fourth-order valence-electron chi connectivity index (χ4n) is 2.89. The van der Waals surface area contributed by atoms with Gasteiger partial charge in [-0.1, -0.05) is 76.3 Å². The number of benzene rings is 1. The van der Waals surface area contributed by atoms with Gasteiger partial charge in [-0.15, -0.1) is 0 Å². The van der Waals surface area contributed by atoms with E-state index in [-0.39, 0.29) is 0 Å². The Balaban J connectivity index is 2.18. The SMILES string of the molecule is CCCCCCCC(CCCc1ccccc1)NCCC. The first kappa shape index (κ1) is 18.2. The first-order valence-corrected chi connectivity index (χ1v) is 9.14. The Hall–Kier alpha value is -0.820. The molecule has 1 atom stereocenters. The van der Waals surface area contributed by atoms with Crippen LogP contribution in [0, 0.1) is 0 Å². The monoisotopic (exact) mass is 289 g/mol. The normalized spacial score (nSPS) is 12.5. The van der Waals surface area contributed by atoms with E-state index < -0.39 is 0 Å². The Bertz CT molecular complexity index is 320. The van der Waals surface area contributed by atoms with Crippen molar-refractivity contribution in [2.24, 2.45) is 0 Å². The third kappa shape index (κ3) is 9.68. The van der Waals surface area contributed by atoms with Crippen molar-refractivity contribution in [2.45, 2.75) is 84.1 Å². The van der Waals surface area contributed by atoms with Gasteiger partial charge in [0.1, 0.15) is 0 Å². The second kappa shape index (κ2) is 12.9. The second-order valence-electron chi connectivity index (χ2n) is 6.23. The van der Waals surface area contributed by atoms with E-state index in [0.29, 0.717) is 0 Å². The fourth-order valence-corrected chi connectivity index (χ4v) is 2.89. The average molecular weight is 290 g/mol. The van der Waals surface area contributed by atoms with Gasteiger partial charge in [-0.3, -0.25) is 0 Å². The highest BCUT2D eigenvalue weighted by atomic mass is 14.9. The smallest absolute Gasteiger partial charge is 0.00671 e. The van der Waals surface area contributed by atoms with Crippen LogP contribution < -0.4 is 5.32 Å². The summed E-state index contributed by atoms with van der Waals surface area (Å²) >= 11 is 0. The predicted molar refractivity (Wildman–Crippen MR) is 94.8 cm³/mol. The Kier molecular flexibility index (Phi) is 11.2. The van der Waals surface area contributed by atoms with Crippen LogP contribution in [0.15, 0.2) is 30.3 Å².